The van der Waals surface area contributed by atoms with Gasteiger partial charge in [-0.25, -0.2) is 4.52 Å². The number of pyridine rings is 1. The van der Waals surface area contributed by atoms with Crippen LogP contribution in [0.3, 0.4) is 0 Å². The number of benzene rings is 1. The minimum Gasteiger partial charge on any atom is -0.336 e. The van der Waals surface area contributed by atoms with Crippen LogP contribution in [0.25, 0.3) is 16.9 Å². The standard InChI is InChI=1S/C23H25N5O2/c1-15-5-2-3-14-27(15)22(30)18-12-8-16(9-13-18)19-6-4-7-20-24-23(26-28(19)20)25-21(29)17-10-11-17/h4,6-9,12-13,15,17H,2-3,5,10-11,14H2,1H3,(H,25,26,29). The summed E-state index contributed by atoms with van der Waals surface area (Å²) in [5.41, 5.74) is 3.17. The number of carbonyl (C=O) groups excluding carboxylic acids is 2. The Morgan fingerprint density at radius 1 is 1.03 bits per heavy atom. The summed E-state index contributed by atoms with van der Waals surface area (Å²) >= 11 is 0. The largest absolute Gasteiger partial charge is 0.336 e. The summed E-state index contributed by atoms with van der Waals surface area (Å²) in [4.78, 5) is 31.3. The molecule has 0 spiro atoms. The van der Waals surface area contributed by atoms with Crippen LogP contribution in [0.4, 0.5) is 5.95 Å². The van der Waals surface area contributed by atoms with Crippen molar-refractivity contribution >= 4 is 23.4 Å². The Balaban J connectivity index is 1.40. The third-order valence-corrected chi connectivity index (χ3v) is 6.03. The Morgan fingerprint density at radius 2 is 1.83 bits per heavy atom. The summed E-state index contributed by atoms with van der Waals surface area (Å²) in [6.45, 7) is 2.95. The first-order valence-electron chi connectivity index (χ1n) is 10.7. The van der Waals surface area contributed by atoms with Crippen molar-refractivity contribution in [1.29, 1.82) is 0 Å². The van der Waals surface area contributed by atoms with E-state index in [4.69, 9.17) is 0 Å². The van der Waals surface area contributed by atoms with Crippen LogP contribution in [-0.2, 0) is 4.79 Å². The highest BCUT2D eigenvalue weighted by atomic mass is 16.2. The van der Waals surface area contributed by atoms with E-state index in [1.54, 1.807) is 4.52 Å². The maximum absolute atomic E-state index is 12.9. The topological polar surface area (TPSA) is 79.6 Å². The minimum atomic E-state index is -0.0118. The van der Waals surface area contributed by atoms with E-state index in [0.717, 1.165) is 43.5 Å². The second kappa shape index (κ2) is 7.55. The van der Waals surface area contributed by atoms with Crippen molar-refractivity contribution in [1.82, 2.24) is 19.5 Å². The molecule has 0 radical (unpaired) electrons. The zero-order valence-corrected chi connectivity index (χ0v) is 17.0. The molecule has 154 valence electrons. The smallest absolute Gasteiger partial charge is 0.254 e. The van der Waals surface area contributed by atoms with E-state index in [1.165, 1.54) is 6.42 Å². The average molecular weight is 403 g/mol. The van der Waals surface area contributed by atoms with Crippen LogP contribution in [-0.4, -0.2) is 43.9 Å². The summed E-state index contributed by atoms with van der Waals surface area (Å²) in [5.74, 6) is 0.508. The van der Waals surface area contributed by atoms with Gasteiger partial charge in [0, 0.05) is 29.6 Å². The first kappa shape index (κ1) is 18.8. The average Bonchev–Trinajstić information content (AvgIpc) is 3.53. The second-order valence-corrected chi connectivity index (χ2v) is 8.30. The molecule has 1 aliphatic carbocycles. The molecule has 3 aromatic rings. The molecule has 2 fully saturated rings. The van der Waals surface area contributed by atoms with E-state index >= 15 is 0 Å². The number of nitrogens with one attached hydrogen (secondary N) is 1. The Kier molecular flexibility index (Phi) is 4.73. The summed E-state index contributed by atoms with van der Waals surface area (Å²) in [6, 6.07) is 13.7. The molecule has 0 bridgehead atoms. The molecule has 1 N–H and O–H groups in total. The summed E-state index contributed by atoms with van der Waals surface area (Å²) < 4.78 is 1.73. The van der Waals surface area contributed by atoms with Gasteiger partial charge >= 0.3 is 0 Å². The predicted molar refractivity (Wildman–Crippen MR) is 114 cm³/mol. The molecule has 2 amide bonds. The van der Waals surface area contributed by atoms with Crippen molar-refractivity contribution in [3.05, 3.63) is 48.0 Å². The van der Waals surface area contributed by atoms with Crippen LogP contribution in [0.1, 0.15) is 49.4 Å². The van der Waals surface area contributed by atoms with Crippen LogP contribution in [0, 0.1) is 5.92 Å². The Bertz CT molecular complexity index is 1100. The molecule has 7 nitrogen and oxygen atoms in total. The molecule has 3 heterocycles. The first-order valence-corrected chi connectivity index (χ1v) is 10.7. The fraction of sp³-hybridized carbons (Fsp3) is 0.391. The fourth-order valence-electron chi connectivity index (χ4n) is 4.08. The molecule has 1 aliphatic heterocycles. The highest BCUT2D eigenvalue weighted by molar-refractivity contribution is 5.95. The number of aromatic nitrogens is 3. The number of amides is 2. The monoisotopic (exact) mass is 403 g/mol. The molecular formula is C23H25N5O2. The third-order valence-electron chi connectivity index (χ3n) is 6.03. The van der Waals surface area contributed by atoms with Gasteiger partial charge in [0.15, 0.2) is 5.65 Å². The Morgan fingerprint density at radius 3 is 2.57 bits per heavy atom. The molecule has 7 heteroatoms. The van der Waals surface area contributed by atoms with Crippen molar-refractivity contribution < 1.29 is 9.59 Å². The molecular weight excluding hydrogens is 378 g/mol. The molecule has 1 saturated carbocycles. The zero-order valence-electron chi connectivity index (χ0n) is 17.0. The lowest BCUT2D eigenvalue weighted by molar-refractivity contribution is -0.117. The van der Waals surface area contributed by atoms with Gasteiger partial charge in [0.05, 0.1) is 5.69 Å². The van der Waals surface area contributed by atoms with Gasteiger partial charge in [0.1, 0.15) is 0 Å². The maximum Gasteiger partial charge on any atom is 0.254 e. The van der Waals surface area contributed by atoms with Gasteiger partial charge in [0.2, 0.25) is 11.9 Å². The molecule has 30 heavy (non-hydrogen) atoms. The van der Waals surface area contributed by atoms with Crippen LogP contribution >= 0.6 is 0 Å². The number of hydrogen-bond acceptors (Lipinski definition) is 4. The van der Waals surface area contributed by atoms with Gasteiger partial charge in [0.25, 0.3) is 5.91 Å². The van der Waals surface area contributed by atoms with Gasteiger partial charge in [-0.3, -0.25) is 14.9 Å². The first-order chi connectivity index (χ1) is 14.6. The second-order valence-electron chi connectivity index (χ2n) is 8.30. The summed E-state index contributed by atoms with van der Waals surface area (Å²) in [7, 11) is 0. The number of nitrogens with zero attached hydrogens (tertiary/aromatic N) is 4. The molecule has 2 aliphatic rings. The summed E-state index contributed by atoms with van der Waals surface area (Å²) in [6.07, 6.45) is 5.20. The Hall–Kier alpha value is -3.22. The quantitative estimate of drug-likeness (QED) is 0.719. The SMILES string of the molecule is CC1CCCCN1C(=O)c1ccc(-c2cccc3nc(NC(=O)C4CC4)nn23)cc1. The lowest BCUT2D eigenvalue weighted by atomic mass is 10.0. The normalized spacial score (nSPS) is 19.1. The number of anilines is 1. The maximum atomic E-state index is 12.9. The number of carbonyl (C=O) groups is 2. The van der Waals surface area contributed by atoms with E-state index in [2.05, 4.69) is 22.3 Å². The van der Waals surface area contributed by atoms with E-state index < -0.39 is 0 Å². The number of piperidine rings is 1. The van der Waals surface area contributed by atoms with Gasteiger partial charge in [-0.15, -0.1) is 5.10 Å². The van der Waals surface area contributed by atoms with Crippen LogP contribution in [0.2, 0.25) is 0 Å². The lowest BCUT2D eigenvalue weighted by Crippen LogP contribution is -2.41. The van der Waals surface area contributed by atoms with Crippen molar-refractivity contribution in [3.63, 3.8) is 0 Å². The van der Waals surface area contributed by atoms with E-state index in [9.17, 15) is 9.59 Å². The highest BCUT2D eigenvalue weighted by Gasteiger charge is 2.30. The Labute approximate surface area is 175 Å². The number of likely N-dealkylation sites (tertiary alicyclic amines) is 1. The van der Waals surface area contributed by atoms with Gasteiger partial charge in [-0.05, 0) is 63.3 Å². The molecule has 2 aromatic heterocycles. The fourth-order valence-corrected chi connectivity index (χ4v) is 4.08. The number of hydrogen-bond donors (Lipinski definition) is 1. The van der Waals surface area contributed by atoms with Crippen LogP contribution < -0.4 is 5.32 Å². The third kappa shape index (κ3) is 3.56. The van der Waals surface area contributed by atoms with E-state index in [1.807, 2.05) is 47.4 Å². The van der Waals surface area contributed by atoms with Crippen molar-refractivity contribution in [2.75, 3.05) is 11.9 Å². The van der Waals surface area contributed by atoms with Gasteiger partial charge in [-0.2, -0.15) is 4.98 Å². The van der Waals surface area contributed by atoms with Gasteiger partial charge < -0.3 is 4.90 Å². The number of fused-ring (bicyclic) bond motifs is 1. The van der Waals surface area contributed by atoms with Crippen molar-refractivity contribution in [3.8, 4) is 11.3 Å². The number of rotatable bonds is 4. The molecule has 1 saturated heterocycles. The predicted octanol–water partition coefficient (Wildman–Crippen LogP) is 3.76. The van der Waals surface area contributed by atoms with Crippen LogP contribution in [0.5, 0.6) is 0 Å². The van der Waals surface area contributed by atoms with Crippen molar-refractivity contribution in [2.24, 2.45) is 5.92 Å². The molecule has 1 aromatic carbocycles. The molecule has 1 atom stereocenters. The van der Waals surface area contributed by atoms with E-state index in [-0.39, 0.29) is 17.7 Å². The lowest BCUT2D eigenvalue weighted by Gasteiger charge is -2.33. The molecule has 5 rings (SSSR count). The zero-order chi connectivity index (χ0) is 20.7. The highest BCUT2D eigenvalue weighted by Crippen LogP contribution is 2.30. The van der Waals surface area contributed by atoms with Crippen molar-refractivity contribution in [2.45, 2.75) is 45.1 Å². The van der Waals surface area contributed by atoms with E-state index in [0.29, 0.717) is 23.2 Å². The van der Waals surface area contributed by atoms with Gasteiger partial charge in [-0.1, -0.05) is 18.2 Å². The van der Waals surface area contributed by atoms with Crippen LogP contribution in [0.15, 0.2) is 42.5 Å². The molecule has 1 unspecified atom stereocenters. The summed E-state index contributed by atoms with van der Waals surface area (Å²) in [5, 5.41) is 7.28. The minimum absolute atomic E-state index is 0.0118.